The Balaban J connectivity index is 0.000000921. The van der Waals surface area contributed by atoms with Gasteiger partial charge in [-0.1, -0.05) is 26.8 Å². The number of hydrogen-bond donors (Lipinski definition) is 0. The smallest absolute Gasteiger partial charge is 0.128 e. The van der Waals surface area contributed by atoms with Crippen molar-refractivity contribution in [2.45, 2.75) is 41.0 Å². The molecule has 0 fully saturated rings. The molecule has 0 saturated heterocycles. The molecule has 15 heavy (non-hydrogen) atoms. The lowest BCUT2D eigenvalue weighted by molar-refractivity contribution is 0.844. The van der Waals surface area contributed by atoms with E-state index in [4.69, 9.17) is 0 Å². The fourth-order valence-electron chi connectivity index (χ4n) is 1.36. The largest absolute Gasteiger partial charge is 0.357 e. The highest BCUT2D eigenvalue weighted by molar-refractivity contribution is 5.38. The summed E-state index contributed by atoms with van der Waals surface area (Å²) in [6.07, 6.45) is 3.03. The third-order valence-electron chi connectivity index (χ3n) is 2.30. The zero-order valence-electron chi connectivity index (χ0n) is 10.7. The Morgan fingerprint density at radius 1 is 1.07 bits per heavy atom. The lowest BCUT2D eigenvalue weighted by Crippen LogP contribution is -2.22. The third kappa shape index (κ3) is 4.32. The van der Waals surface area contributed by atoms with Gasteiger partial charge >= 0.3 is 0 Å². The van der Waals surface area contributed by atoms with Crippen molar-refractivity contribution in [2.24, 2.45) is 0 Å². The maximum atomic E-state index is 4.42. The normalized spacial score (nSPS) is 9.13. The Morgan fingerprint density at radius 2 is 1.67 bits per heavy atom. The third-order valence-corrected chi connectivity index (χ3v) is 2.30. The molecule has 1 heterocycles. The summed E-state index contributed by atoms with van der Waals surface area (Å²) in [5.41, 5.74) is 1.30. The predicted molar refractivity (Wildman–Crippen MR) is 68.5 cm³/mol. The van der Waals surface area contributed by atoms with Gasteiger partial charge in [-0.15, -0.1) is 0 Å². The molecule has 0 aliphatic rings. The minimum atomic E-state index is 1.02. The second kappa shape index (κ2) is 8.27. The number of aromatic nitrogens is 1. The SMILES string of the molecule is CC.CCc1ccc(N(CC)CC)nc1. The van der Waals surface area contributed by atoms with Crippen molar-refractivity contribution < 1.29 is 0 Å². The van der Waals surface area contributed by atoms with Gasteiger partial charge in [0.1, 0.15) is 5.82 Å². The van der Waals surface area contributed by atoms with Gasteiger partial charge in [-0.05, 0) is 31.9 Å². The molecule has 0 aliphatic heterocycles. The van der Waals surface area contributed by atoms with Crippen LogP contribution in [0.1, 0.15) is 40.2 Å². The number of pyridine rings is 1. The fraction of sp³-hybridized carbons (Fsp3) is 0.615. The van der Waals surface area contributed by atoms with Crippen molar-refractivity contribution in [3.8, 4) is 0 Å². The van der Waals surface area contributed by atoms with Crippen molar-refractivity contribution in [3.63, 3.8) is 0 Å². The van der Waals surface area contributed by atoms with E-state index in [9.17, 15) is 0 Å². The van der Waals surface area contributed by atoms with Crippen LogP contribution in [0.15, 0.2) is 18.3 Å². The van der Waals surface area contributed by atoms with Gasteiger partial charge in [0.2, 0.25) is 0 Å². The highest BCUT2D eigenvalue weighted by Gasteiger charge is 2.01. The Morgan fingerprint density at radius 3 is 2.00 bits per heavy atom. The van der Waals surface area contributed by atoms with Crippen molar-refractivity contribution in [2.75, 3.05) is 18.0 Å². The van der Waals surface area contributed by atoms with E-state index in [1.807, 2.05) is 20.0 Å². The maximum Gasteiger partial charge on any atom is 0.128 e. The second-order valence-electron chi connectivity index (χ2n) is 3.05. The summed E-state index contributed by atoms with van der Waals surface area (Å²) in [6.45, 7) is 12.5. The molecule has 1 aromatic rings. The topological polar surface area (TPSA) is 16.1 Å². The summed E-state index contributed by atoms with van der Waals surface area (Å²) in [6, 6.07) is 4.26. The first-order valence-electron chi connectivity index (χ1n) is 6.01. The van der Waals surface area contributed by atoms with Crippen LogP contribution in [0.3, 0.4) is 0 Å². The molecular formula is C13H24N2. The molecule has 0 N–H and O–H groups in total. The van der Waals surface area contributed by atoms with Crippen LogP contribution in [-0.4, -0.2) is 18.1 Å². The Labute approximate surface area is 94.3 Å². The Hall–Kier alpha value is -1.05. The lowest BCUT2D eigenvalue weighted by Gasteiger charge is -2.19. The van der Waals surface area contributed by atoms with Gasteiger partial charge in [0, 0.05) is 19.3 Å². The van der Waals surface area contributed by atoms with Crippen molar-refractivity contribution in [1.29, 1.82) is 0 Å². The van der Waals surface area contributed by atoms with Crippen molar-refractivity contribution >= 4 is 5.82 Å². The van der Waals surface area contributed by atoms with Crippen LogP contribution in [0.2, 0.25) is 0 Å². The van der Waals surface area contributed by atoms with Gasteiger partial charge < -0.3 is 4.90 Å². The molecule has 1 rings (SSSR count). The van der Waals surface area contributed by atoms with Gasteiger partial charge in [0.05, 0.1) is 0 Å². The van der Waals surface area contributed by atoms with Crippen molar-refractivity contribution in [3.05, 3.63) is 23.9 Å². The van der Waals surface area contributed by atoms with E-state index in [1.54, 1.807) is 0 Å². The number of nitrogens with zero attached hydrogens (tertiary/aromatic N) is 2. The quantitative estimate of drug-likeness (QED) is 0.752. The van der Waals surface area contributed by atoms with Crippen LogP contribution in [-0.2, 0) is 6.42 Å². The van der Waals surface area contributed by atoms with Crippen LogP contribution in [0, 0.1) is 0 Å². The molecule has 0 atom stereocenters. The van der Waals surface area contributed by atoms with E-state index in [0.717, 1.165) is 25.3 Å². The summed E-state index contributed by atoms with van der Waals surface area (Å²) in [5.74, 6) is 1.09. The minimum Gasteiger partial charge on any atom is -0.357 e. The van der Waals surface area contributed by atoms with E-state index in [0.29, 0.717) is 0 Å². The van der Waals surface area contributed by atoms with Crippen molar-refractivity contribution in [1.82, 2.24) is 4.98 Å². The molecule has 0 saturated carbocycles. The molecule has 0 bridgehead atoms. The minimum absolute atomic E-state index is 1.02. The number of rotatable bonds is 4. The maximum absolute atomic E-state index is 4.42. The molecule has 0 unspecified atom stereocenters. The summed E-state index contributed by atoms with van der Waals surface area (Å²) >= 11 is 0. The highest BCUT2D eigenvalue weighted by Crippen LogP contribution is 2.10. The Bertz CT molecular complexity index is 237. The van der Waals surface area contributed by atoms with E-state index < -0.39 is 0 Å². The molecule has 1 aromatic heterocycles. The molecule has 2 heteroatoms. The average Bonchev–Trinajstić information content (AvgIpc) is 2.34. The molecule has 86 valence electrons. The highest BCUT2D eigenvalue weighted by atomic mass is 15.2. The van der Waals surface area contributed by atoms with E-state index in [1.165, 1.54) is 5.56 Å². The summed E-state index contributed by atoms with van der Waals surface area (Å²) in [7, 11) is 0. The first-order chi connectivity index (χ1) is 7.31. The Kier molecular flexibility index (Phi) is 7.69. The van der Waals surface area contributed by atoms with Crippen LogP contribution in [0.25, 0.3) is 0 Å². The lowest BCUT2D eigenvalue weighted by atomic mass is 10.2. The molecule has 0 aromatic carbocycles. The summed E-state index contributed by atoms with van der Waals surface area (Å²) in [5, 5.41) is 0. The average molecular weight is 208 g/mol. The molecule has 0 radical (unpaired) electrons. The van der Waals surface area contributed by atoms with Crippen LogP contribution < -0.4 is 4.90 Å². The van der Waals surface area contributed by atoms with Gasteiger partial charge in [-0.3, -0.25) is 0 Å². The first kappa shape index (κ1) is 13.9. The monoisotopic (exact) mass is 208 g/mol. The van der Waals surface area contributed by atoms with E-state index in [-0.39, 0.29) is 0 Å². The van der Waals surface area contributed by atoms with Gasteiger partial charge in [0.25, 0.3) is 0 Å². The molecule has 2 nitrogen and oxygen atoms in total. The van der Waals surface area contributed by atoms with E-state index in [2.05, 4.69) is 42.8 Å². The fourth-order valence-corrected chi connectivity index (χ4v) is 1.36. The number of aryl methyl sites for hydroxylation is 1. The zero-order chi connectivity index (χ0) is 11.7. The standard InChI is InChI=1S/C11H18N2.C2H6/c1-4-10-7-8-11(12-9-10)13(5-2)6-3;1-2/h7-9H,4-6H2,1-3H3;1-2H3. The number of anilines is 1. The first-order valence-corrected chi connectivity index (χ1v) is 6.01. The molecular weight excluding hydrogens is 184 g/mol. The molecule has 0 spiro atoms. The number of hydrogen-bond acceptors (Lipinski definition) is 2. The van der Waals surface area contributed by atoms with Crippen LogP contribution in [0.4, 0.5) is 5.82 Å². The second-order valence-corrected chi connectivity index (χ2v) is 3.05. The van der Waals surface area contributed by atoms with Crippen LogP contribution in [0.5, 0.6) is 0 Å². The van der Waals surface area contributed by atoms with Gasteiger partial charge in [0.15, 0.2) is 0 Å². The molecule has 0 amide bonds. The molecule has 0 aliphatic carbocycles. The van der Waals surface area contributed by atoms with Gasteiger partial charge in [-0.2, -0.15) is 0 Å². The predicted octanol–water partition coefficient (Wildman–Crippen LogP) is 3.52. The van der Waals surface area contributed by atoms with Crippen LogP contribution >= 0.6 is 0 Å². The summed E-state index contributed by atoms with van der Waals surface area (Å²) in [4.78, 5) is 6.67. The zero-order valence-corrected chi connectivity index (χ0v) is 10.7. The van der Waals surface area contributed by atoms with E-state index >= 15 is 0 Å². The summed E-state index contributed by atoms with van der Waals surface area (Å²) < 4.78 is 0. The van der Waals surface area contributed by atoms with Gasteiger partial charge in [-0.25, -0.2) is 4.98 Å².